The molecule has 0 aliphatic carbocycles. The fourth-order valence-electron chi connectivity index (χ4n) is 2.56. The molecule has 1 atom stereocenters. The van der Waals surface area contributed by atoms with Crippen LogP contribution >= 0.6 is 24.2 Å². The summed E-state index contributed by atoms with van der Waals surface area (Å²) in [5.74, 6) is -4.71. The number of benzene rings is 1. The van der Waals surface area contributed by atoms with Gasteiger partial charge in [-0.15, -0.1) is 0 Å². The molecular weight excluding hydrogens is 428 g/mol. The molecule has 10 heteroatoms. The molecule has 4 nitrogen and oxygen atoms in total. The third kappa shape index (κ3) is 5.63. The number of aryl methyl sites for hydroxylation is 1. The molecule has 0 saturated carbocycles. The molecule has 156 valence electrons. The summed E-state index contributed by atoms with van der Waals surface area (Å²) in [6.07, 6.45) is 3.28. The van der Waals surface area contributed by atoms with E-state index in [9.17, 15) is 17.6 Å². The van der Waals surface area contributed by atoms with Crippen molar-refractivity contribution < 1.29 is 17.6 Å². The lowest BCUT2D eigenvalue weighted by Crippen LogP contribution is -2.18. The smallest absolute Gasteiger partial charge is 0.289 e. The van der Waals surface area contributed by atoms with Gasteiger partial charge in [0, 0.05) is 18.8 Å². The number of thiol groups is 1. The monoisotopic (exact) mass is 446 g/mol. The average molecular weight is 447 g/mol. The van der Waals surface area contributed by atoms with Gasteiger partial charge in [0.2, 0.25) is 0 Å². The van der Waals surface area contributed by atoms with E-state index in [0.717, 1.165) is 11.8 Å². The molecule has 0 aliphatic heterocycles. The van der Waals surface area contributed by atoms with Crippen LogP contribution in [0.2, 0.25) is 5.02 Å². The van der Waals surface area contributed by atoms with Crippen LogP contribution in [-0.2, 0) is 5.92 Å². The molecule has 2 heterocycles. The van der Waals surface area contributed by atoms with Gasteiger partial charge >= 0.3 is 0 Å². The lowest BCUT2D eigenvalue weighted by Gasteiger charge is -2.20. The summed E-state index contributed by atoms with van der Waals surface area (Å²) in [5.41, 5.74) is 0.309. The normalized spacial score (nSPS) is 12.2. The highest BCUT2D eigenvalue weighted by atomic mass is 35.5. The van der Waals surface area contributed by atoms with Crippen LogP contribution in [0.25, 0.3) is 0 Å². The minimum atomic E-state index is -3.45. The number of alkyl halides is 2. The fourth-order valence-corrected chi connectivity index (χ4v) is 2.75. The summed E-state index contributed by atoms with van der Waals surface area (Å²) < 4.78 is 54.4. The first kappa shape index (κ1) is 23.0. The van der Waals surface area contributed by atoms with E-state index in [4.69, 9.17) is 11.6 Å². The number of pyridine rings is 1. The van der Waals surface area contributed by atoms with Crippen LogP contribution < -0.4 is 5.32 Å². The van der Waals surface area contributed by atoms with Crippen molar-refractivity contribution in [2.45, 2.75) is 25.8 Å². The third-order valence-electron chi connectivity index (χ3n) is 3.83. The van der Waals surface area contributed by atoms with Gasteiger partial charge in [-0.3, -0.25) is 0 Å². The molecule has 2 N–H and O–H groups in total. The Hall–Kier alpha value is -2.26. The van der Waals surface area contributed by atoms with E-state index < -0.39 is 29.3 Å². The fraction of sp³-hybridized carbons (Fsp3) is 0.263. The predicted molar refractivity (Wildman–Crippen MR) is 109 cm³/mol. The average Bonchev–Trinajstić information content (AvgIpc) is 3.10. The zero-order valence-corrected chi connectivity index (χ0v) is 17.4. The first-order valence-corrected chi connectivity index (χ1v) is 9.65. The molecule has 1 aromatic carbocycles. The molecule has 29 heavy (non-hydrogen) atoms. The molecule has 0 fully saturated rings. The van der Waals surface area contributed by atoms with Gasteiger partial charge in [-0.1, -0.05) is 17.7 Å². The van der Waals surface area contributed by atoms with Gasteiger partial charge in [0.25, 0.3) is 5.92 Å². The number of aromatic nitrogens is 3. The number of rotatable bonds is 5. The van der Waals surface area contributed by atoms with Crippen LogP contribution in [0.5, 0.6) is 0 Å². The summed E-state index contributed by atoms with van der Waals surface area (Å²) in [6.45, 7) is 2.35. The second-order valence-electron chi connectivity index (χ2n) is 6.12. The molecular formula is C19H19ClF4N4S. The van der Waals surface area contributed by atoms with Gasteiger partial charge < -0.3 is 10.3 Å². The number of hydrogen-bond acceptors (Lipinski definition) is 4. The number of aromatic amines is 1. The zero-order valence-electron chi connectivity index (χ0n) is 15.8. The number of imidazole rings is 1. The summed E-state index contributed by atoms with van der Waals surface area (Å²) in [6, 6.07) is 5.50. The van der Waals surface area contributed by atoms with E-state index in [1.165, 1.54) is 24.3 Å². The number of hydrogen-bond donors (Lipinski definition) is 3. The Balaban J connectivity index is 0.00000145. The van der Waals surface area contributed by atoms with Crippen LogP contribution in [0, 0.1) is 18.6 Å². The molecule has 0 aliphatic rings. The lowest BCUT2D eigenvalue weighted by molar-refractivity contribution is 0.00890. The third-order valence-corrected chi connectivity index (χ3v) is 4.12. The molecule has 2 aromatic heterocycles. The standard InChI is InChI=1S/C18H15ClF4N4.CH4S/c1-9-8-24-17(25-9)15(10-3-4-12(20)11(19)7-10)26-14-6-5-13(21)16(27-14)18(2,22)23;1-2/h3-8,15H,1-2H3,(H,24,25)(H,26,27);2H,1H3/t15-;/m1./s1. The van der Waals surface area contributed by atoms with E-state index in [2.05, 4.69) is 32.9 Å². The highest BCUT2D eigenvalue weighted by Gasteiger charge is 2.31. The Morgan fingerprint density at radius 3 is 2.34 bits per heavy atom. The SMILES string of the molecule is CS.Cc1cnc([C@H](Nc2ccc(F)c(C(C)(F)F)n2)c2ccc(F)c(Cl)c2)[nH]1. The molecule has 0 bridgehead atoms. The largest absolute Gasteiger partial charge is 0.356 e. The first-order chi connectivity index (χ1) is 13.6. The quantitative estimate of drug-likeness (QED) is 0.337. The van der Waals surface area contributed by atoms with Crippen LogP contribution in [0.4, 0.5) is 23.4 Å². The molecule has 0 radical (unpaired) electrons. The highest BCUT2D eigenvalue weighted by molar-refractivity contribution is 7.79. The Labute approximate surface area is 176 Å². The van der Waals surface area contributed by atoms with Gasteiger partial charge in [-0.2, -0.15) is 21.4 Å². The molecule has 0 amide bonds. The molecule has 0 spiro atoms. The Bertz CT molecular complexity index is 975. The van der Waals surface area contributed by atoms with E-state index in [-0.39, 0.29) is 10.8 Å². The van der Waals surface area contributed by atoms with Crippen molar-refractivity contribution in [3.8, 4) is 0 Å². The van der Waals surface area contributed by atoms with Crippen LogP contribution in [0.15, 0.2) is 36.5 Å². The Morgan fingerprint density at radius 1 is 1.14 bits per heavy atom. The number of H-pyrrole nitrogens is 1. The Morgan fingerprint density at radius 2 is 1.79 bits per heavy atom. The second kappa shape index (κ2) is 9.49. The molecule has 3 aromatic rings. The van der Waals surface area contributed by atoms with E-state index in [0.29, 0.717) is 18.3 Å². The van der Waals surface area contributed by atoms with Gasteiger partial charge in [-0.25, -0.2) is 18.7 Å². The number of halogens is 5. The maximum Gasteiger partial charge on any atom is 0.289 e. The van der Waals surface area contributed by atoms with E-state index >= 15 is 0 Å². The summed E-state index contributed by atoms with van der Waals surface area (Å²) in [7, 11) is 0. The van der Waals surface area contributed by atoms with Gasteiger partial charge in [0.1, 0.15) is 29.2 Å². The predicted octanol–water partition coefficient (Wildman–Crippen LogP) is 5.90. The van der Waals surface area contributed by atoms with Crippen LogP contribution in [-0.4, -0.2) is 21.2 Å². The highest BCUT2D eigenvalue weighted by Crippen LogP contribution is 2.31. The van der Waals surface area contributed by atoms with Crippen molar-refractivity contribution in [2.24, 2.45) is 0 Å². The van der Waals surface area contributed by atoms with E-state index in [1.807, 2.05) is 0 Å². The number of nitrogens with one attached hydrogen (secondary N) is 2. The van der Waals surface area contributed by atoms with Crippen molar-refractivity contribution >= 4 is 30.0 Å². The molecule has 0 saturated heterocycles. The maximum absolute atomic E-state index is 13.7. The minimum Gasteiger partial charge on any atom is -0.356 e. The first-order valence-electron chi connectivity index (χ1n) is 8.37. The van der Waals surface area contributed by atoms with Crippen LogP contribution in [0.1, 0.15) is 35.7 Å². The van der Waals surface area contributed by atoms with Gasteiger partial charge in [0.15, 0.2) is 5.82 Å². The van der Waals surface area contributed by atoms with Crippen molar-refractivity contribution in [2.75, 3.05) is 11.6 Å². The molecule has 3 rings (SSSR count). The maximum atomic E-state index is 13.7. The second-order valence-corrected chi connectivity index (χ2v) is 6.52. The summed E-state index contributed by atoms with van der Waals surface area (Å²) in [4.78, 5) is 10.9. The zero-order chi connectivity index (χ0) is 21.8. The van der Waals surface area contributed by atoms with Crippen molar-refractivity contribution in [1.29, 1.82) is 0 Å². The topological polar surface area (TPSA) is 53.6 Å². The van der Waals surface area contributed by atoms with Crippen molar-refractivity contribution in [1.82, 2.24) is 15.0 Å². The van der Waals surface area contributed by atoms with E-state index in [1.54, 1.807) is 19.4 Å². The summed E-state index contributed by atoms with van der Waals surface area (Å²) in [5, 5.41) is 2.82. The van der Waals surface area contributed by atoms with Gasteiger partial charge in [-0.05, 0) is 43.0 Å². The number of nitrogens with zero attached hydrogens (tertiary/aromatic N) is 2. The van der Waals surface area contributed by atoms with Crippen LogP contribution in [0.3, 0.4) is 0 Å². The molecule has 0 unspecified atom stereocenters. The number of anilines is 1. The lowest BCUT2D eigenvalue weighted by atomic mass is 10.1. The Kier molecular flexibility index (Phi) is 7.54. The van der Waals surface area contributed by atoms with Crippen molar-refractivity contribution in [3.05, 3.63) is 76.0 Å². The van der Waals surface area contributed by atoms with Crippen molar-refractivity contribution in [3.63, 3.8) is 0 Å². The summed E-state index contributed by atoms with van der Waals surface area (Å²) >= 11 is 9.39. The minimum absolute atomic E-state index is 0.00688. The van der Waals surface area contributed by atoms with Gasteiger partial charge in [0.05, 0.1) is 5.02 Å².